The number of amides is 1. The van der Waals surface area contributed by atoms with Crippen LogP contribution >= 0.6 is 0 Å². The van der Waals surface area contributed by atoms with Gasteiger partial charge in [-0.15, -0.1) is 5.10 Å². The number of nitrogens with zero attached hydrogens (tertiary/aromatic N) is 2. The number of aryl methyl sites for hydroxylation is 1. The Hall–Kier alpha value is -1.65. The van der Waals surface area contributed by atoms with Crippen molar-refractivity contribution in [3.8, 4) is 0 Å². The van der Waals surface area contributed by atoms with E-state index in [1.54, 1.807) is 6.92 Å². The predicted octanol–water partition coefficient (Wildman–Crippen LogP) is 1.36. The molecule has 0 fully saturated rings. The quantitative estimate of drug-likeness (QED) is 0.810. The SMILES string of the molecule is Cc1ccc(NC(C)C(=O)NCC(C)C)nn1. The van der Waals surface area contributed by atoms with Crippen molar-refractivity contribution in [3.63, 3.8) is 0 Å². The number of nitrogens with one attached hydrogen (secondary N) is 2. The Bertz CT molecular complexity index is 361. The van der Waals surface area contributed by atoms with E-state index in [-0.39, 0.29) is 11.9 Å². The summed E-state index contributed by atoms with van der Waals surface area (Å²) in [5.74, 6) is 1.04. The molecule has 0 aliphatic carbocycles. The zero-order valence-electron chi connectivity index (χ0n) is 10.8. The van der Waals surface area contributed by atoms with Crippen molar-refractivity contribution in [2.45, 2.75) is 33.7 Å². The number of hydrogen-bond donors (Lipinski definition) is 2. The largest absolute Gasteiger partial charge is 0.357 e. The summed E-state index contributed by atoms with van der Waals surface area (Å²) >= 11 is 0. The standard InChI is InChI=1S/C12H20N4O/c1-8(2)7-13-12(17)10(4)14-11-6-5-9(3)15-16-11/h5-6,8,10H,7H2,1-4H3,(H,13,17)(H,14,16). The molecular weight excluding hydrogens is 216 g/mol. The molecule has 5 heteroatoms. The minimum atomic E-state index is -0.314. The summed E-state index contributed by atoms with van der Waals surface area (Å²) in [5.41, 5.74) is 0.854. The van der Waals surface area contributed by atoms with Crippen molar-refractivity contribution in [3.05, 3.63) is 17.8 Å². The van der Waals surface area contributed by atoms with Gasteiger partial charge in [0.2, 0.25) is 5.91 Å². The Balaban J connectivity index is 2.45. The molecular formula is C12H20N4O. The van der Waals surface area contributed by atoms with E-state index in [1.165, 1.54) is 0 Å². The molecule has 1 rings (SSSR count). The molecule has 2 N–H and O–H groups in total. The highest BCUT2D eigenvalue weighted by Gasteiger charge is 2.12. The van der Waals surface area contributed by atoms with E-state index in [0.717, 1.165) is 5.69 Å². The van der Waals surface area contributed by atoms with Crippen LogP contribution in [-0.4, -0.2) is 28.7 Å². The molecule has 0 aromatic carbocycles. The molecule has 0 bridgehead atoms. The molecule has 0 aliphatic rings. The second-order valence-corrected chi connectivity index (χ2v) is 4.56. The van der Waals surface area contributed by atoms with Crippen molar-refractivity contribution in [1.82, 2.24) is 15.5 Å². The van der Waals surface area contributed by atoms with Crippen molar-refractivity contribution in [1.29, 1.82) is 0 Å². The van der Waals surface area contributed by atoms with Crippen molar-refractivity contribution in [2.24, 2.45) is 5.92 Å². The molecule has 0 saturated carbocycles. The van der Waals surface area contributed by atoms with E-state index in [0.29, 0.717) is 18.3 Å². The molecule has 0 aliphatic heterocycles. The molecule has 1 atom stereocenters. The Morgan fingerprint density at radius 3 is 2.53 bits per heavy atom. The van der Waals surface area contributed by atoms with Crippen LogP contribution in [0.15, 0.2) is 12.1 Å². The van der Waals surface area contributed by atoms with Gasteiger partial charge in [0, 0.05) is 6.54 Å². The third kappa shape index (κ3) is 4.80. The van der Waals surface area contributed by atoms with Crippen molar-refractivity contribution < 1.29 is 4.79 Å². The molecule has 1 aromatic rings. The molecule has 0 saturated heterocycles. The summed E-state index contributed by atoms with van der Waals surface area (Å²) in [6.07, 6.45) is 0. The molecule has 0 radical (unpaired) electrons. The Kier molecular flexibility index (Phi) is 4.87. The maximum absolute atomic E-state index is 11.7. The van der Waals surface area contributed by atoms with Crippen molar-refractivity contribution >= 4 is 11.7 Å². The van der Waals surface area contributed by atoms with Gasteiger partial charge in [-0.25, -0.2) is 0 Å². The van der Waals surface area contributed by atoms with E-state index >= 15 is 0 Å². The van der Waals surface area contributed by atoms with Gasteiger partial charge in [0.05, 0.1) is 5.69 Å². The van der Waals surface area contributed by atoms with Gasteiger partial charge < -0.3 is 10.6 Å². The molecule has 94 valence electrons. The first kappa shape index (κ1) is 13.4. The molecule has 1 heterocycles. The Morgan fingerprint density at radius 1 is 1.29 bits per heavy atom. The third-order valence-electron chi connectivity index (χ3n) is 2.24. The van der Waals surface area contributed by atoms with E-state index in [2.05, 4.69) is 34.7 Å². The first-order valence-electron chi connectivity index (χ1n) is 5.83. The highest BCUT2D eigenvalue weighted by atomic mass is 16.2. The van der Waals surface area contributed by atoms with Crippen LogP contribution in [0.4, 0.5) is 5.82 Å². The number of carbonyl (C=O) groups excluding carboxylic acids is 1. The number of rotatable bonds is 5. The molecule has 1 unspecified atom stereocenters. The van der Waals surface area contributed by atoms with Crippen molar-refractivity contribution in [2.75, 3.05) is 11.9 Å². The smallest absolute Gasteiger partial charge is 0.242 e. The van der Waals surface area contributed by atoms with Crippen LogP contribution < -0.4 is 10.6 Å². The highest BCUT2D eigenvalue weighted by Crippen LogP contribution is 2.03. The van der Waals surface area contributed by atoms with Gasteiger partial charge in [0.25, 0.3) is 0 Å². The minimum Gasteiger partial charge on any atom is -0.357 e. The van der Waals surface area contributed by atoms with E-state index in [1.807, 2.05) is 19.1 Å². The van der Waals surface area contributed by atoms with Crippen LogP contribution in [0.25, 0.3) is 0 Å². The van der Waals surface area contributed by atoms with Crippen LogP contribution in [0.3, 0.4) is 0 Å². The van der Waals surface area contributed by atoms with Gasteiger partial charge in [-0.3, -0.25) is 4.79 Å². The first-order valence-corrected chi connectivity index (χ1v) is 5.83. The van der Waals surface area contributed by atoms with Crippen LogP contribution in [-0.2, 0) is 4.79 Å². The fourth-order valence-electron chi connectivity index (χ4n) is 1.22. The van der Waals surface area contributed by atoms with Crippen LogP contribution in [0.5, 0.6) is 0 Å². The van der Waals surface area contributed by atoms with Gasteiger partial charge in [-0.2, -0.15) is 5.10 Å². The lowest BCUT2D eigenvalue weighted by Gasteiger charge is -2.15. The summed E-state index contributed by atoms with van der Waals surface area (Å²) < 4.78 is 0. The normalized spacial score (nSPS) is 12.3. The summed E-state index contributed by atoms with van der Waals surface area (Å²) in [6.45, 7) is 8.48. The molecule has 1 aromatic heterocycles. The van der Waals surface area contributed by atoms with Gasteiger partial charge in [0.15, 0.2) is 0 Å². The zero-order valence-corrected chi connectivity index (χ0v) is 10.8. The monoisotopic (exact) mass is 236 g/mol. The zero-order chi connectivity index (χ0) is 12.8. The highest BCUT2D eigenvalue weighted by molar-refractivity contribution is 5.83. The molecule has 0 spiro atoms. The lowest BCUT2D eigenvalue weighted by Crippen LogP contribution is -2.39. The summed E-state index contributed by atoms with van der Waals surface area (Å²) in [4.78, 5) is 11.7. The average molecular weight is 236 g/mol. The lowest BCUT2D eigenvalue weighted by molar-refractivity contribution is -0.121. The third-order valence-corrected chi connectivity index (χ3v) is 2.24. The number of aromatic nitrogens is 2. The van der Waals surface area contributed by atoms with E-state index in [9.17, 15) is 4.79 Å². The molecule has 5 nitrogen and oxygen atoms in total. The van der Waals surface area contributed by atoms with Crippen LogP contribution in [0.2, 0.25) is 0 Å². The molecule has 17 heavy (non-hydrogen) atoms. The second-order valence-electron chi connectivity index (χ2n) is 4.56. The Labute approximate surface area is 102 Å². The average Bonchev–Trinajstić information content (AvgIpc) is 2.28. The minimum absolute atomic E-state index is 0.0268. The maximum atomic E-state index is 11.7. The summed E-state index contributed by atoms with van der Waals surface area (Å²) in [6, 6.07) is 3.36. The van der Waals surface area contributed by atoms with Gasteiger partial charge in [0.1, 0.15) is 11.9 Å². The number of anilines is 1. The topological polar surface area (TPSA) is 66.9 Å². The Morgan fingerprint density at radius 2 is 2.00 bits per heavy atom. The summed E-state index contributed by atoms with van der Waals surface area (Å²) in [5, 5.41) is 13.7. The fourth-order valence-corrected chi connectivity index (χ4v) is 1.22. The van der Waals surface area contributed by atoms with E-state index < -0.39 is 0 Å². The first-order chi connectivity index (χ1) is 7.99. The van der Waals surface area contributed by atoms with Crippen LogP contribution in [0.1, 0.15) is 26.5 Å². The van der Waals surface area contributed by atoms with Gasteiger partial charge in [-0.1, -0.05) is 13.8 Å². The van der Waals surface area contributed by atoms with E-state index in [4.69, 9.17) is 0 Å². The van der Waals surface area contributed by atoms with Gasteiger partial charge >= 0.3 is 0 Å². The predicted molar refractivity (Wildman–Crippen MR) is 67.7 cm³/mol. The fraction of sp³-hybridized carbons (Fsp3) is 0.583. The number of carbonyl (C=O) groups is 1. The second kappa shape index (κ2) is 6.18. The van der Waals surface area contributed by atoms with Crippen LogP contribution in [0, 0.1) is 12.8 Å². The summed E-state index contributed by atoms with van der Waals surface area (Å²) in [7, 11) is 0. The lowest BCUT2D eigenvalue weighted by atomic mass is 10.2. The maximum Gasteiger partial charge on any atom is 0.242 e. The number of hydrogen-bond acceptors (Lipinski definition) is 4. The van der Waals surface area contributed by atoms with Gasteiger partial charge in [-0.05, 0) is 31.9 Å². The molecule has 1 amide bonds.